The molecule has 152 valence electrons. The Bertz CT molecular complexity index is 945. The molecule has 0 aliphatic heterocycles. The molecule has 0 aliphatic rings. The first kappa shape index (κ1) is 21.4. The molecule has 28 heavy (non-hydrogen) atoms. The molecule has 0 saturated heterocycles. The molecule has 0 unspecified atom stereocenters. The van der Waals surface area contributed by atoms with E-state index in [0.29, 0.717) is 28.6 Å². The van der Waals surface area contributed by atoms with E-state index in [4.69, 9.17) is 14.2 Å². The van der Waals surface area contributed by atoms with Crippen LogP contribution in [-0.2, 0) is 14.8 Å². The number of ether oxygens (including phenoxy) is 3. The molecule has 0 heterocycles. The summed E-state index contributed by atoms with van der Waals surface area (Å²) in [7, 11) is 0.711. The molecular weight excluding hydrogens is 384 g/mol. The predicted octanol–water partition coefficient (Wildman–Crippen LogP) is 2.51. The van der Waals surface area contributed by atoms with Gasteiger partial charge in [0.25, 0.3) is 0 Å². The maximum atomic E-state index is 12.9. The third-order valence-corrected chi connectivity index (χ3v) is 5.30. The van der Waals surface area contributed by atoms with Crippen molar-refractivity contribution in [3.8, 4) is 17.2 Å². The van der Waals surface area contributed by atoms with Gasteiger partial charge in [-0.25, -0.2) is 8.42 Å². The quantitative estimate of drug-likeness (QED) is 0.721. The first-order chi connectivity index (χ1) is 13.2. The van der Waals surface area contributed by atoms with E-state index in [2.05, 4.69) is 5.32 Å². The van der Waals surface area contributed by atoms with Gasteiger partial charge in [-0.3, -0.25) is 9.10 Å². The van der Waals surface area contributed by atoms with E-state index in [1.807, 2.05) is 0 Å². The molecule has 0 bridgehead atoms. The summed E-state index contributed by atoms with van der Waals surface area (Å²) in [6.45, 7) is 1.50. The molecule has 0 aliphatic carbocycles. The molecule has 0 aromatic heterocycles. The van der Waals surface area contributed by atoms with Gasteiger partial charge in [0.1, 0.15) is 23.3 Å². The number of sulfonamides is 1. The van der Waals surface area contributed by atoms with Crippen molar-refractivity contribution in [2.24, 2.45) is 0 Å². The Balaban J connectivity index is 2.37. The van der Waals surface area contributed by atoms with E-state index < -0.39 is 22.0 Å². The highest BCUT2D eigenvalue weighted by Gasteiger charge is 2.30. The number of carbonyl (C=O) groups is 1. The lowest BCUT2D eigenvalue weighted by Gasteiger charge is -2.28. The Morgan fingerprint density at radius 1 is 1.00 bits per heavy atom. The van der Waals surface area contributed by atoms with Crippen LogP contribution in [0.15, 0.2) is 42.5 Å². The second-order valence-electron chi connectivity index (χ2n) is 5.99. The number of amides is 1. The number of nitrogens with one attached hydrogen (secondary N) is 1. The van der Waals surface area contributed by atoms with Crippen LogP contribution >= 0.6 is 0 Å². The third-order valence-electron chi connectivity index (χ3n) is 4.06. The van der Waals surface area contributed by atoms with Crippen molar-refractivity contribution in [3.63, 3.8) is 0 Å². The summed E-state index contributed by atoms with van der Waals surface area (Å²) >= 11 is 0. The van der Waals surface area contributed by atoms with Crippen LogP contribution in [0.2, 0.25) is 0 Å². The summed E-state index contributed by atoms with van der Waals surface area (Å²) in [5.74, 6) is 0.901. The number of anilines is 2. The molecule has 2 aromatic rings. The smallest absolute Gasteiger partial charge is 0.248 e. The predicted molar refractivity (Wildman–Crippen MR) is 108 cm³/mol. The minimum atomic E-state index is -3.75. The van der Waals surface area contributed by atoms with Gasteiger partial charge >= 0.3 is 0 Å². The van der Waals surface area contributed by atoms with Gasteiger partial charge < -0.3 is 19.5 Å². The number of carbonyl (C=O) groups excluding carboxylic acids is 1. The molecule has 0 spiro atoms. The minimum Gasteiger partial charge on any atom is -0.497 e. The van der Waals surface area contributed by atoms with Crippen molar-refractivity contribution < 1.29 is 27.4 Å². The summed E-state index contributed by atoms with van der Waals surface area (Å²) in [5, 5.41) is 2.71. The van der Waals surface area contributed by atoms with Gasteiger partial charge in [0.05, 0.1) is 39.0 Å². The average Bonchev–Trinajstić information content (AvgIpc) is 2.66. The van der Waals surface area contributed by atoms with Crippen molar-refractivity contribution in [3.05, 3.63) is 42.5 Å². The number of methoxy groups -OCH3 is 3. The zero-order valence-electron chi connectivity index (χ0n) is 16.4. The van der Waals surface area contributed by atoms with Crippen LogP contribution in [0.25, 0.3) is 0 Å². The summed E-state index contributed by atoms with van der Waals surface area (Å²) in [6, 6.07) is 10.4. The number of nitrogens with zero attached hydrogens (tertiary/aromatic N) is 1. The fourth-order valence-electron chi connectivity index (χ4n) is 2.71. The van der Waals surface area contributed by atoms with Crippen LogP contribution in [0.5, 0.6) is 17.2 Å². The average molecular weight is 408 g/mol. The van der Waals surface area contributed by atoms with Crippen molar-refractivity contribution in [1.29, 1.82) is 0 Å². The first-order valence-corrected chi connectivity index (χ1v) is 10.2. The zero-order chi connectivity index (χ0) is 20.9. The second-order valence-corrected chi connectivity index (χ2v) is 7.85. The fraction of sp³-hybridized carbons (Fsp3) is 0.316. The van der Waals surface area contributed by atoms with Crippen LogP contribution in [0.4, 0.5) is 11.4 Å². The molecule has 0 radical (unpaired) electrons. The van der Waals surface area contributed by atoms with Crippen molar-refractivity contribution in [1.82, 2.24) is 0 Å². The van der Waals surface area contributed by atoms with E-state index in [9.17, 15) is 13.2 Å². The van der Waals surface area contributed by atoms with E-state index in [0.717, 1.165) is 10.6 Å². The maximum absolute atomic E-state index is 12.9. The third kappa shape index (κ3) is 4.86. The molecule has 8 nitrogen and oxygen atoms in total. The monoisotopic (exact) mass is 408 g/mol. The maximum Gasteiger partial charge on any atom is 0.248 e. The molecule has 0 fully saturated rings. The number of rotatable bonds is 8. The van der Waals surface area contributed by atoms with Crippen LogP contribution < -0.4 is 23.8 Å². The highest BCUT2D eigenvalue weighted by Crippen LogP contribution is 2.30. The normalized spacial score (nSPS) is 12.0. The lowest BCUT2D eigenvalue weighted by atomic mass is 10.2. The molecule has 1 N–H and O–H groups in total. The summed E-state index contributed by atoms with van der Waals surface area (Å²) in [5.41, 5.74) is 0.694. The Morgan fingerprint density at radius 3 is 2.21 bits per heavy atom. The van der Waals surface area contributed by atoms with Crippen LogP contribution in [-0.4, -0.2) is 48.0 Å². The molecular formula is C19H24N2O6S. The van der Waals surface area contributed by atoms with Gasteiger partial charge in [-0.05, 0) is 31.2 Å². The Kier molecular flexibility index (Phi) is 6.74. The molecule has 1 amide bonds. The number of hydrogen-bond acceptors (Lipinski definition) is 6. The van der Waals surface area contributed by atoms with E-state index in [-0.39, 0.29) is 0 Å². The summed E-state index contributed by atoms with van der Waals surface area (Å²) in [4.78, 5) is 12.9. The minimum absolute atomic E-state index is 0.321. The van der Waals surface area contributed by atoms with Crippen molar-refractivity contribution in [2.75, 3.05) is 37.2 Å². The van der Waals surface area contributed by atoms with Crippen molar-refractivity contribution >= 4 is 27.3 Å². The SMILES string of the molecule is COc1cccc(N([C@H](C)C(=O)Nc2cc(OC)ccc2OC)S(C)(=O)=O)c1. The highest BCUT2D eigenvalue weighted by atomic mass is 32.2. The van der Waals surface area contributed by atoms with Gasteiger partial charge in [0, 0.05) is 12.1 Å². The Hall–Kier alpha value is -2.94. The molecule has 2 aromatic carbocycles. The molecule has 2 rings (SSSR count). The second kappa shape index (κ2) is 8.83. The molecule has 9 heteroatoms. The lowest BCUT2D eigenvalue weighted by molar-refractivity contribution is -0.116. The highest BCUT2D eigenvalue weighted by molar-refractivity contribution is 7.92. The Labute approximate surface area is 165 Å². The molecule has 0 saturated carbocycles. The summed E-state index contributed by atoms with van der Waals surface area (Å²) < 4.78 is 41.4. The number of benzene rings is 2. The number of hydrogen-bond donors (Lipinski definition) is 1. The van der Waals surface area contributed by atoms with E-state index in [1.165, 1.54) is 28.3 Å². The topological polar surface area (TPSA) is 94.2 Å². The molecule has 1 atom stereocenters. The van der Waals surface area contributed by atoms with Gasteiger partial charge in [-0.2, -0.15) is 0 Å². The van der Waals surface area contributed by atoms with Gasteiger partial charge in [0.2, 0.25) is 15.9 Å². The van der Waals surface area contributed by atoms with Gasteiger partial charge in [-0.15, -0.1) is 0 Å². The van der Waals surface area contributed by atoms with Crippen LogP contribution in [0.1, 0.15) is 6.92 Å². The van der Waals surface area contributed by atoms with Gasteiger partial charge in [0.15, 0.2) is 0 Å². The Morgan fingerprint density at radius 2 is 1.64 bits per heavy atom. The zero-order valence-corrected chi connectivity index (χ0v) is 17.2. The van der Waals surface area contributed by atoms with Gasteiger partial charge in [-0.1, -0.05) is 6.07 Å². The standard InChI is InChI=1S/C19H24N2O6S/c1-13(19(22)20-17-12-16(26-3)9-10-18(17)27-4)21(28(5,23)24)14-7-6-8-15(11-14)25-2/h6-13H,1-5H3,(H,20,22)/t13-/m1/s1. The van der Waals surface area contributed by atoms with Crippen LogP contribution in [0.3, 0.4) is 0 Å². The van der Waals surface area contributed by atoms with Crippen LogP contribution in [0, 0.1) is 0 Å². The van der Waals surface area contributed by atoms with E-state index >= 15 is 0 Å². The first-order valence-electron chi connectivity index (χ1n) is 8.37. The largest absolute Gasteiger partial charge is 0.497 e. The van der Waals surface area contributed by atoms with E-state index in [1.54, 1.807) is 42.5 Å². The van der Waals surface area contributed by atoms with Crippen molar-refractivity contribution in [2.45, 2.75) is 13.0 Å². The lowest BCUT2D eigenvalue weighted by Crippen LogP contribution is -2.45. The fourth-order valence-corrected chi connectivity index (χ4v) is 3.87. The summed E-state index contributed by atoms with van der Waals surface area (Å²) in [6.07, 6.45) is 1.04.